The number of hydrogen-bond donors (Lipinski definition) is 1. The molecule has 1 rings (SSSR count). The molecule has 1 N–H and O–H groups in total. The molecule has 13 heteroatoms. The predicted octanol–water partition coefficient (Wildman–Crippen LogP) is 10.1. The smallest absolute Gasteiger partial charge is 0.459 e. The summed E-state index contributed by atoms with van der Waals surface area (Å²) in [7, 11) is -4.86. The van der Waals surface area contributed by atoms with E-state index < -0.39 is 60.2 Å². The quantitative estimate of drug-likeness (QED) is 0.0276. The maximum absolute atomic E-state index is 14.3. The van der Waals surface area contributed by atoms with E-state index in [-0.39, 0.29) is 19.6 Å². The second-order valence-corrected chi connectivity index (χ2v) is 14.0. The summed E-state index contributed by atoms with van der Waals surface area (Å²) in [5, 5.41) is 2.15. The van der Waals surface area contributed by atoms with Gasteiger partial charge in [-0.05, 0) is 40.5 Å². The Morgan fingerprint density at radius 3 is 1.58 bits per heavy atom. The zero-order valence-electron chi connectivity index (χ0n) is 27.6. The van der Waals surface area contributed by atoms with Crippen molar-refractivity contribution in [2.75, 3.05) is 19.8 Å². The van der Waals surface area contributed by atoms with Gasteiger partial charge in [0.25, 0.3) is 0 Å². The molecule has 7 nitrogen and oxygen atoms in total. The van der Waals surface area contributed by atoms with E-state index in [0.29, 0.717) is 6.61 Å². The number of rotatable bonds is 25. The lowest BCUT2D eigenvalue weighted by Gasteiger charge is -2.26. The molecule has 0 saturated heterocycles. The Labute approximate surface area is 265 Å². The van der Waals surface area contributed by atoms with Crippen LogP contribution in [0.4, 0.5) is 22.0 Å². The molecule has 1 unspecified atom stereocenters. The zero-order valence-corrected chi connectivity index (χ0v) is 28.5. The lowest BCUT2D eigenvalue weighted by molar-refractivity contribution is -0.156. The Hall–Kier alpha value is -1.75. The van der Waals surface area contributed by atoms with Crippen LogP contribution in [0.3, 0.4) is 0 Å². The molecule has 0 aliphatic heterocycles. The van der Waals surface area contributed by atoms with Crippen LogP contribution in [-0.4, -0.2) is 37.4 Å². The minimum absolute atomic E-state index is 0.172. The van der Waals surface area contributed by atoms with Gasteiger partial charge in [0, 0.05) is 13.2 Å². The van der Waals surface area contributed by atoms with Gasteiger partial charge < -0.3 is 14.0 Å². The third-order valence-electron chi connectivity index (χ3n) is 6.83. The summed E-state index contributed by atoms with van der Waals surface area (Å²) in [5.41, 5.74) is -0.926. The Morgan fingerprint density at radius 1 is 0.689 bits per heavy atom. The molecule has 0 saturated carbocycles. The summed E-state index contributed by atoms with van der Waals surface area (Å²) < 4.78 is 103. The highest BCUT2D eigenvalue weighted by Gasteiger charge is 2.37. The van der Waals surface area contributed by atoms with Crippen molar-refractivity contribution in [2.45, 2.75) is 143 Å². The SMILES string of the molecule is CCCCCCCCCCCCCCCCOCCCOP(=O)(N[C@@H](C)C(=O)OC(C)(C)C)Oc1c(F)c(F)c(F)c(F)c1F. The molecular formula is C32H53F5NO6P. The van der Waals surface area contributed by atoms with E-state index in [1.54, 1.807) is 20.8 Å². The van der Waals surface area contributed by atoms with Crippen molar-refractivity contribution in [3.63, 3.8) is 0 Å². The summed E-state index contributed by atoms with van der Waals surface area (Å²) in [4.78, 5) is 12.4. The van der Waals surface area contributed by atoms with Gasteiger partial charge in [-0.15, -0.1) is 0 Å². The Kier molecular flexibility index (Phi) is 20.1. The first kappa shape index (κ1) is 41.3. The van der Waals surface area contributed by atoms with Crippen molar-refractivity contribution >= 4 is 13.7 Å². The maximum Gasteiger partial charge on any atom is 0.459 e. The Morgan fingerprint density at radius 2 is 1.11 bits per heavy atom. The molecular weight excluding hydrogens is 620 g/mol. The average Bonchev–Trinajstić information content (AvgIpc) is 2.97. The van der Waals surface area contributed by atoms with Crippen LogP contribution in [0.25, 0.3) is 0 Å². The fourth-order valence-electron chi connectivity index (χ4n) is 4.40. The third kappa shape index (κ3) is 17.1. The molecule has 2 atom stereocenters. The van der Waals surface area contributed by atoms with E-state index in [0.717, 1.165) is 19.3 Å². The highest BCUT2D eigenvalue weighted by Crippen LogP contribution is 2.47. The van der Waals surface area contributed by atoms with Gasteiger partial charge in [-0.3, -0.25) is 9.32 Å². The van der Waals surface area contributed by atoms with Gasteiger partial charge in [0.15, 0.2) is 0 Å². The van der Waals surface area contributed by atoms with Crippen molar-refractivity contribution in [2.24, 2.45) is 0 Å². The average molecular weight is 674 g/mol. The molecule has 0 aliphatic rings. The van der Waals surface area contributed by atoms with Gasteiger partial charge in [-0.1, -0.05) is 90.4 Å². The molecule has 0 spiro atoms. The van der Waals surface area contributed by atoms with E-state index in [2.05, 4.69) is 12.0 Å². The highest BCUT2D eigenvalue weighted by atomic mass is 31.2. The zero-order chi connectivity index (χ0) is 33.9. The van der Waals surface area contributed by atoms with E-state index >= 15 is 0 Å². The monoisotopic (exact) mass is 673 g/mol. The van der Waals surface area contributed by atoms with Crippen LogP contribution >= 0.6 is 7.75 Å². The molecule has 1 aromatic rings. The molecule has 0 heterocycles. The van der Waals surface area contributed by atoms with Crippen LogP contribution in [0.15, 0.2) is 0 Å². The van der Waals surface area contributed by atoms with E-state index in [1.807, 2.05) is 0 Å². The molecule has 262 valence electrons. The summed E-state index contributed by atoms with van der Waals surface area (Å²) in [6.07, 6.45) is 17.5. The number of ether oxygens (including phenoxy) is 2. The number of carbonyl (C=O) groups excluding carboxylic acids is 1. The van der Waals surface area contributed by atoms with E-state index in [4.69, 9.17) is 18.5 Å². The third-order valence-corrected chi connectivity index (χ3v) is 8.48. The van der Waals surface area contributed by atoms with Gasteiger partial charge >= 0.3 is 13.7 Å². The minimum atomic E-state index is -4.86. The number of halogens is 5. The number of hydrogen-bond acceptors (Lipinski definition) is 6. The largest absolute Gasteiger partial charge is 0.459 e. The van der Waals surface area contributed by atoms with Crippen molar-refractivity contribution < 1.29 is 49.8 Å². The van der Waals surface area contributed by atoms with Gasteiger partial charge in [-0.25, -0.2) is 17.7 Å². The summed E-state index contributed by atoms with van der Waals surface area (Å²) in [5.74, 6) is -14.4. The molecule has 1 aromatic carbocycles. The second kappa shape index (κ2) is 21.9. The topological polar surface area (TPSA) is 83.1 Å². The number of carbonyl (C=O) groups is 1. The van der Waals surface area contributed by atoms with Crippen molar-refractivity contribution in [3.05, 3.63) is 29.1 Å². The van der Waals surface area contributed by atoms with E-state index in [9.17, 15) is 31.3 Å². The molecule has 0 bridgehead atoms. The number of unbranched alkanes of at least 4 members (excludes halogenated alkanes) is 13. The first-order chi connectivity index (χ1) is 21.2. The van der Waals surface area contributed by atoms with Crippen LogP contribution < -0.4 is 9.61 Å². The normalized spacial score (nSPS) is 13.9. The number of benzene rings is 1. The van der Waals surface area contributed by atoms with Gasteiger partial charge in [0.1, 0.15) is 11.6 Å². The molecule has 0 fully saturated rings. The first-order valence-electron chi connectivity index (χ1n) is 16.3. The van der Waals surface area contributed by atoms with Crippen LogP contribution in [0.5, 0.6) is 5.75 Å². The fourth-order valence-corrected chi connectivity index (χ4v) is 5.93. The summed E-state index contributed by atoms with van der Waals surface area (Å²) >= 11 is 0. The van der Waals surface area contributed by atoms with E-state index in [1.165, 1.54) is 77.6 Å². The predicted molar refractivity (Wildman–Crippen MR) is 165 cm³/mol. The second-order valence-electron chi connectivity index (χ2n) is 12.3. The van der Waals surface area contributed by atoms with Gasteiger partial charge in [0.2, 0.25) is 34.8 Å². The van der Waals surface area contributed by atoms with Gasteiger partial charge in [0.05, 0.1) is 6.61 Å². The Balaban J connectivity index is 2.45. The lowest BCUT2D eigenvalue weighted by atomic mass is 10.0. The summed E-state index contributed by atoms with van der Waals surface area (Å²) in [6.45, 7) is 8.56. The van der Waals surface area contributed by atoms with Crippen molar-refractivity contribution in [3.8, 4) is 5.75 Å². The number of esters is 1. The number of nitrogens with one attached hydrogen (secondary N) is 1. The fraction of sp³-hybridized carbons (Fsp3) is 0.781. The highest BCUT2D eigenvalue weighted by molar-refractivity contribution is 7.52. The van der Waals surface area contributed by atoms with Crippen LogP contribution in [0, 0.1) is 29.1 Å². The van der Waals surface area contributed by atoms with Crippen LogP contribution in [0.1, 0.15) is 131 Å². The molecule has 45 heavy (non-hydrogen) atoms. The Bertz CT molecular complexity index is 1030. The lowest BCUT2D eigenvalue weighted by Crippen LogP contribution is -2.39. The first-order valence-corrected chi connectivity index (χ1v) is 17.8. The van der Waals surface area contributed by atoms with Crippen molar-refractivity contribution in [1.82, 2.24) is 5.09 Å². The molecule has 0 amide bonds. The molecule has 0 aliphatic carbocycles. The maximum atomic E-state index is 14.3. The standard InChI is InChI=1S/C32H53F5NO6P/c1-6-7-8-9-10-11-12-13-14-15-16-17-18-19-21-41-22-20-23-42-45(40,38-24(2)31(39)43-32(3,4)5)44-30-28(36)26(34)25(33)27(35)29(30)37/h24H,6-23H2,1-5H3,(H,38,40)/t24-,45?/m0/s1. The molecule has 0 aromatic heterocycles. The summed E-state index contributed by atoms with van der Waals surface area (Å²) in [6, 6.07) is -1.40. The van der Waals surface area contributed by atoms with Gasteiger partial charge in [-0.2, -0.15) is 13.9 Å². The van der Waals surface area contributed by atoms with Crippen LogP contribution in [-0.2, 0) is 23.4 Å². The molecule has 0 radical (unpaired) electrons. The van der Waals surface area contributed by atoms with Crippen LogP contribution in [0.2, 0.25) is 0 Å². The minimum Gasteiger partial charge on any atom is -0.459 e. The van der Waals surface area contributed by atoms with Crippen molar-refractivity contribution in [1.29, 1.82) is 0 Å².